The van der Waals surface area contributed by atoms with E-state index >= 15 is 0 Å². The van der Waals surface area contributed by atoms with Gasteiger partial charge in [-0.3, -0.25) is 4.79 Å². The molecule has 3 rings (SSSR count). The fourth-order valence-electron chi connectivity index (χ4n) is 3.74. The molecular weight excluding hydrogens is 428 g/mol. The molecule has 1 heterocycles. The van der Waals surface area contributed by atoms with E-state index in [1.165, 1.54) is 18.2 Å². The molecule has 0 radical (unpaired) electrons. The van der Waals surface area contributed by atoms with Crippen LogP contribution < -0.4 is 10.0 Å². The van der Waals surface area contributed by atoms with E-state index in [1.54, 1.807) is 20.8 Å². The number of nitrogens with one attached hydrogen (secondary N) is 2. The second-order valence-electron chi connectivity index (χ2n) is 8.01. The number of sulfonamides is 1. The van der Waals surface area contributed by atoms with Crippen LogP contribution >= 0.6 is 11.6 Å². The molecule has 0 spiro atoms. The number of carbonyl (C=O) groups excluding carboxylic acids is 1. The molecule has 1 amide bonds. The topological polar surface area (TPSA) is 114 Å². The molecule has 1 aromatic carbocycles. The number of halogens is 1. The molecule has 8 nitrogen and oxygen atoms in total. The minimum atomic E-state index is -3.76. The third-order valence-corrected chi connectivity index (χ3v) is 7.13. The minimum absolute atomic E-state index is 0.0175. The second kappa shape index (κ2) is 9.03. The average Bonchev–Trinajstić information content (AvgIpc) is 2.96. The van der Waals surface area contributed by atoms with Gasteiger partial charge in [0.05, 0.1) is 15.5 Å². The minimum Gasteiger partial charge on any atom is -0.340 e. The van der Waals surface area contributed by atoms with Gasteiger partial charge in [-0.1, -0.05) is 42.4 Å². The molecule has 1 fully saturated rings. The van der Waals surface area contributed by atoms with Gasteiger partial charge in [-0.25, -0.2) is 13.1 Å². The number of benzene rings is 1. The Morgan fingerprint density at radius 3 is 2.43 bits per heavy atom. The van der Waals surface area contributed by atoms with Crippen molar-refractivity contribution in [2.45, 2.75) is 75.8 Å². The molecule has 0 saturated heterocycles. The molecule has 164 valence electrons. The molecule has 10 heteroatoms. The SMILES string of the molecule is Cc1nc(C2(NC(=O)c3cc(S(=O)(=O)NC(C)C)ccc3Cl)CCCCCC2)no1. The van der Waals surface area contributed by atoms with Crippen molar-refractivity contribution in [3.8, 4) is 0 Å². The van der Waals surface area contributed by atoms with Crippen LogP contribution in [0, 0.1) is 6.92 Å². The van der Waals surface area contributed by atoms with Gasteiger partial charge in [0.1, 0.15) is 5.54 Å². The molecule has 0 bridgehead atoms. The van der Waals surface area contributed by atoms with Crippen molar-refractivity contribution >= 4 is 27.5 Å². The van der Waals surface area contributed by atoms with Crippen LogP contribution in [0.2, 0.25) is 5.02 Å². The van der Waals surface area contributed by atoms with E-state index < -0.39 is 21.5 Å². The first-order chi connectivity index (χ1) is 14.1. The quantitative estimate of drug-likeness (QED) is 0.643. The van der Waals surface area contributed by atoms with Gasteiger partial charge in [-0.05, 0) is 44.9 Å². The van der Waals surface area contributed by atoms with Crippen molar-refractivity contribution in [3.05, 3.63) is 40.5 Å². The molecule has 1 aliphatic rings. The van der Waals surface area contributed by atoms with Crippen LogP contribution in [-0.2, 0) is 15.6 Å². The highest BCUT2D eigenvalue weighted by molar-refractivity contribution is 7.89. The van der Waals surface area contributed by atoms with Gasteiger partial charge in [0.25, 0.3) is 5.91 Å². The van der Waals surface area contributed by atoms with E-state index in [-0.39, 0.29) is 21.5 Å². The normalized spacial score (nSPS) is 17.0. The lowest BCUT2D eigenvalue weighted by Crippen LogP contribution is -2.46. The fourth-order valence-corrected chi connectivity index (χ4v) is 5.22. The zero-order chi connectivity index (χ0) is 21.9. The Morgan fingerprint density at radius 1 is 1.20 bits per heavy atom. The van der Waals surface area contributed by atoms with Crippen molar-refractivity contribution in [1.82, 2.24) is 20.2 Å². The zero-order valence-corrected chi connectivity index (χ0v) is 18.9. The van der Waals surface area contributed by atoms with Crippen molar-refractivity contribution in [2.24, 2.45) is 0 Å². The van der Waals surface area contributed by atoms with Crippen LogP contribution in [0.1, 0.15) is 74.4 Å². The van der Waals surface area contributed by atoms with Crippen LogP contribution in [0.25, 0.3) is 0 Å². The molecule has 1 aromatic heterocycles. The van der Waals surface area contributed by atoms with Gasteiger partial charge in [-0.15, -0.1) is 0 Å². The Morgan fingerprint density at radius 2 is 1.87 bits per heavy atom. The Labute approximate surface area is 181 Å². The highest BCUT2D eigenvalue weighted by Gasteiger charge is 2.39. The highest BCUT2D eigenvalue weighted by atomic mass is 35.5. The van der Waals surface area contributed by atoms with E-state index in [4.69, 9.17) is 16.1 Å². The zero-order valence-electron chi connectivity index (χ0n) is 17.4. The van der Waals surface area contributed by atoms with Crippen molar-refractivity contribution in [2.75, 3.05) is 0 Å². The van der Waals surface area contributed by atoms with Crippen LogP contribution in [-0.4, -0.2) is 30.5 Å². The van der Waals surface area contributed by atoms with Crippen molar-refractivity contribution in [3.63, 3.8) is 0 Å². The summed E-state index contributed by atoms with van der Waals surface area (Å²) in [4.78, 5) is 17.6. The van der Waals surface area contributed by atoms with E-state index in [2.05, 4.69) is 20.2 Å². The molecule has 0 aliphatic heterocycles. The number of rotatable bonds is 6. The van der Waals surface area contributed by atoms with Gasteiger partial charge < -0.3 is 9.84 Å². The number of aryl methyl sites for hydroxylation is 1. The Kier molecular flexibility index (Phi) is 6.84. The van der Waals surface area contributed by atoms with E-state index in [1.807, 2.05) is 0 Å². The van der Waals surface area contributed by atoms with Crippen LogP contribution in [0.15, 0.2) is 27.6 Å². The van der Waals surface area contributed by atoms with Crippen molar-refractivity contribution < 1.29 is 17.7 Å². The van der Waals surface area contributed by atoms with E-state index in [0.717, 1.165) is 25.7 Å². The molecule has 30 heavy (non-hydrogen) atoms. The summed E-state index contributed by atoms with van der Waals surface area (Å²) in [6.07, 6.45) is 5.28. The summed E-state index contributed by atoms with van der Waals surface area (Å²) in [5, 5.41) is 7.30. The summed E-state index contributed by atoms with van der Waals surface area (Å²) < 4.78 is 32.7. The first-order valence-electron chi connectivity index (χ1n) is 10.1. The second-order valence-corrected chi connectivity index (χ2v) is 10.1. The van der Waals surface area contributed by atoms with Gasteiger partial charge in [0.15, 0.2) is 5.82 Å². The summed E-state index contributed by atoms with van der Waals surface area (Å²) in [6, 6.07) is 3.82. The molecule has 2 aromatic rings. The van der Waals surface area contributed by atoms with Gasteiger partial charge >= 0.3 is 0 Å². The molecule has 2 N–H and O–H groups in total. The number of amides is 1. The van der Waals surface area contributed by atoms with Gasteiger partial charge in [0, 0.05) is 13.0 Å². The van der Waals surface area contributed by atoms with E-state index in [9.17, 15) is 13.2 Å². The number of carbonyl (C=O) groups is 1. The lowest BCUT2D eigenvalue weighted by Gasteiger charge is -2.31. The summed E-state index contributed by atoms with van der Waals surface area (Å²) in [5.41, 5.74) is -0.688. The maximum Gasteiger partial charge on any atom is 0.253 e. The predicted molar refractivity (Wildman–Crippen MR) is 113 cm³/mol. The van der Waals surface area contributed by atoms with Crippen LogP contribution in [0.3, 0.4) is 0 Å². The molecule has 1 aliphatic carbocycles. The Balaban J connectivity index is 1.95. The summed E-state index contributed by atoms with van der Waals surface area (Å²) in [6.45, 7) is 5.16. The van der Waals surface area contributed by atoms with Gasteiger partial charge in [0.2, 0.25) is 15.9 Å². The average molecular weight is 455 g/mol. The maximum atomic E-state index is 13.2. The third kappa shape index (κ3) is 5.01. The monoisotopic (exact) mass is 454 g/mol. The van der Waals surface area contributed by atoms with Crippen LogP contribution in [0.4, 0.5) is 0 Å². The Bertz CT molecular complexity index is 1010. The molecule has 1 saturated carbocycles. The third-order valence-electron chi connectivity index (χ3n) is 5.15. The van der Waals surface area contributed by atoms with Gasteiger partial charge in [-0.2, -0.15) is 4.98 Å². The molecule has 0 atom stereocenters. The van der Waals surface area contributed by atoms with Crippen molar-refractivity contribution in [1.29, 1.82) is 0 Å². The lowest BCUT2D eigenvalue weighted by atomic mass is 9.88. The lowest BCUT2D eigenvalue weighted by molar-refractivity contribution is 0.0876. The maximum absolute atomic E-state index is 13.2. The smallest absolute Gasteiger partial charge is 0.253 e. The first-order valence-corrected chi connectivity index (χ1v) is 11.9. The van der Waals surface area contributed by atoms with Crippen LogP contribution in [0.5, 0.6) is 0 Å². The summed E-state index contributed by atoms with van der Waals surface area (Å²) in [7, 11) is -3.76. The van der Waals surface area contributed by atoms with E-state index in [0.29, 0.717) is 24.6 Å². The fraction of sp³-hybridized carbons (Fsp3) is 0.550. The molecular formula is C20H27ClN4O4S. The Hall–Kier alpha value is -1.97. The molecule has 0 unspecified atom stereocenters. The number of hydrogen-bond acceptors (Lipinski definition) is 6. The largest absolute Gasteiger partial charge is 0.340 e. The summed E-state index contributed by atoms with van der Waals surface area (Å²) >= 11 is 6.27. The number of aromatic nitrogens is 2. The number of hydrogen-bond donors (Lipinski definition) is 2. The predicted octanol–water partition coefficient (Wildman–Crippen LogP) is 3.70. The highest BCUT2D eigenvalue weighted by Crippen LogP contribution is 2.35. The summed E-state index contributed by atoms with van der Waals surface area (Å²) in [5.74, 6) is 0.399. The number of nitrogens with zero attached hydrogens (tertiary/aromatic N) is 2. The standard InChI is InChI=1S/C20H27ClN4O4S/c1-13(2)25-30(27,28)15-8-9-17(21)16(12-15)18(26)23-20(10-6-4-5-7-11-20)19-22-14(3)29-24-19/h8-9,12-13,25H,4-7,10-11H2,1-3H3,(H,23,26). The first kappa shape index (κ1) is 22.7.